The minimum absolute atomic E-state index is 0.0523. The van der Waals surface area contributed by atoms with E-state index in [0.717, 1.165) is 51.4 Å². The molecular weight excluding hydrogens is 559 g/mol. The molecule has 2 N–H and O–H groups in total. The predicted octanol–water partition coefficient (Wildman–Crippen LogP) is 4.69. The molecule has 12 heteroatoms. The average Bonchev–Trinajstić information content (AvgIpc) is 3.48. The molecular formula is C29H34F3N3O5S. The molecule has 2 aliphatic rings. The van der Waals surface area contributed by atoms with Crippen LogP contribution in [0.2, 0.25) is 0 Å². The van der Waals surface area contributed by atoms with Gasteiger partial charge in [-0.15, -0.1) is 0 Å². The largest absolute Gasteiger partial charge is 0.478 e. The van der Waals surface area contributed by atoms with Crippen LogP contribution < -0.4 is 0 Å². The lowest BCUT2D eigenvalue weighted by Gasteiger charge is -2.37. The van der Waals surface area contributed by atoms with Crippen molar-refractivity contribution in [3.63, 3.8) is 0 Å². The number of pyridine rings is 1. The number of benzene rings is 2. The predicted molar refractivity (Wildman–Crippen MR) is 149 cm³/mol. The maximum Gasteiger partial charge on any atom is 0.416 e. The van der Waals surface area contributed by atoms with Crippen LogP contribution in [-0.4, -0.2) is 85.0 Å². The number of carbonyl (C=O) groups is 1. The van der Waals surface area contributed by atoms with Gasteiger partial charge in [0.1, 0.15) is 0 Å². The zero-order valence-corrected chi connectivity index (χ0v) is 23.8. The summed E-state index contributed by atoms with van der Waals surface area (Å²) < 4.78 is 65.1. The smallest absolute Gasteiger partial charge is 0.416 e. The lowest BCUT2D eigenvalue weighted by Crippen LogP contribution is -2.43. The van der Waals surface area contributed by atoms with Gasteiger partial charge in [-0.25, -0.2) is 18.2 Å². The van der Waals surface area contributed by atoms with Crippen LogP contribution in [0.5, 0.6) is 0 Å². The fourth-order valence-corrected chi connectivity index (χ4v) is 6.41. The number of sulfone groups is 1. The zero-order chi connectivity index (χ0) is 29.9. The number of fused-ring (bicyclic) bond motifs is 1. The Labute approximate surface area is 237 Å². The molecule has 0 radical (unpaired) electrons. The van der Waals surface area contributed by atoms with Crippen LogP contribution in [0, 0.1) is 0 Å². The number of likely N-dealkylation sites (tertiary alicyclic amines) is 2. The zero-order valence-electron chi connectivity index (χ0n) is 23.0. The van der Waals surface area contributed by atoms with Crippen molar-refractivity contribution in [1.82, 2.24) is 14.8 Å². The molecule has 1 aromatic heterocycles. The molecule has 0 saturated carbocycles. The van der Waals surface area contributed by atoms with Crippen molar-refractivity contribution < 1.29 is 36.6 Å². The molecule has 0 aliphatic carbocycles. The Hall–Kier alpha value is -3.06. The second-order valence-corrected chi connectivity index (χ2v) is 12.4. The van der Waals surface area contributed by atoms with Crippen molar-refractivity contribution in [2.75, 3.05) is 39.5 Å². The molecule has 0 unspecified atom stereocenters. The lowest BCUT2D eigenvalue weighted by atomic mass is 9.94. The van der Waals surface area contributed by atoms with Crippen molar-refractivity contribution in [1.29, 1.82) is 0 Å². The van der Waals surface area contributed by atoms with Gasteiger partial charge >= 0.3 is 12.1 Å². The number of nitrogens with zero attached hydrogens (tertiary/aromatic N) is 3. The van der Waals surface area contributed by atoms with Gasteiger partial charge in [0.15, 0.2) is 9.84 Å². The number of carboxylic acids is 1. The van der Waals surface area contributed by atoms with Crippen molar-refractivity contribution in [2.24, 2.45) is 0 Å². The summed E-state index contributed by atoms with van der Waals surface area (Å²) in [6, 6.07) is 9.21. The number of aliphatic hydroxyl groups excluding tert-OH is 1. The lowest BCUT2D eigenvalue weighted by molar-refractivity contribution is -0.137. The van der Waals surface area contributed by atoms with E-state index in [4.69, 9.17) is 5.11 Å². The third-order valence-corrected chi connectivity index (χ3v) is 8.87. The third-order valence-electron chi connectivity index (χ3n) is 7.76. The SMILES string of the molecule is CO.CS(=O)(=O)c1ccc2nc(-c3cccc(C(F)(F)F)c3)c(CN3CCC(N4CCCC4)CC3)c(C(=O)O)c2c1. The fraction of sp³-hybridized carbons (Fsp3) is 0.448. The van der Waals surface area contributed by atoms with E-state index in [1.165, 1.54) is 43.2 Å². The first kappa shape index (κ1) is 30.9. The highest BCUT2D eigenvalue weighted by Crippen LogP contribution is 2.36. The molecule has 0 amide bonds. The molecule has 222 valence electrons. The van der Waals surface area contributed by atoms with Crippen LogP contribution in [-0.2, 0) is 22.6 Å². The van der Waals surface area contributed by atoms with E-state index >= 15 is 0 Å². The van der Waals surface area contributed by atoms with Crippen LogP contribution in [0.3, 0.4) is 0 Å². The van der Waals surface area contributed by atoms with E-state index in [9.17, 15) is 31.5 Å². The summed E-state index contributed by atoms with van der Waals surface area (Å²) in [7, 11) is -2.64. The van der Waals surface area contributed by atoms with Crippen molar-refractivity contribution in [2.45, 2.75) is 49.3 Å². The Morgan fingerprint density at radius 2 is 1.68 bits per heavy atom. The van der Waals surface area contributed by atoms with E-state index in [0.29, 0.717) is 19.1 Å². The summed E-state index contributed by atoms with van der Waals surface area (Å²) >= 11 is 0. The van der Waals surface area contributed by atoms with Gasteiger partial charge in [-0.3, -0.25) is 4.90 Å². The number of piperidine rings is 1. The van der Waals surface area contributed by atoms with Gasteiger partial charge in [0, 0.05) is 42.5 Å². The first-order valence-electron chi connectivity index (χ1n) is 13.4. The summed E-state index contributed by atoms with van der Waals surface area (Å²) in [6.45, 7) is 3.77. The van der Waals surface area contributed by atoms with Crippen molar-refractivity contribution in [3.8, 4) is 11.3 Å². The Kier molecular flexibility index (Phi) is 9.37. The van der Waals surface area contributed by atoms with Crippen LogP contribution in [0.4, 0.5) is 13.2 Å². The maximum atomic E-state index is 13.6. The van der Waals surface area contributed by atoms with Crippen LogP contribution in [0.25, 0.3) is 22.2 Å². The van der Waals surface area contributed by atoms with Crippen LogP contribution in [0.1, 0.15) is 47.2 Å². The summed E-state index contributed by atoms with van der Waals surface area (Å²) in [5.74, 6) is -1.29. The number of hydrogen-bond donors (Lipinski definition) is 2. The van der Waals surface area contributed by atoms with Crippen LogP contribution in [0.15, 0.2) is 47.4 Å². The molecule has 0 atom stereocenters. The number of alkyl halides is 3. The van der Waals surface area contributed by atoms with Gasteiger partial charge in [-0.1, -0.05) is 12.1 Å². The molecule has 0 spiro atoms. The molecule has 2 fully saturated rings. The minimum Gasteiger partial charge on any atom is -0.478 e. The molecule has 3 aromatic rings. The topological polar surface area (TPSA) is 111 Å². The molecule has 8 nitrogen and oxygen atoms in total. The van der Waals surface area contributed by atoms with E-state index < -0.39 is 27.5 Å². The van der Waals surface area contributed by atoms with E-state index in [1.54, 1.807) is 0 Å². The van der Waals surface area contributed by atoms with Gasteiger partial charge in [0.2, 0.25) is 0 Å². The summed E-state index contributed by atoms with van der Waals surface area (Å²) in [5.41, 5.74) is -0.213. The molecule has 2 saturated heterocycles. The first-order chi connectivity index (χ1) is 19.4. The Balaban J connectivity index is 0.00000189. The van der Waals surface area contributed by atoms with Gasteiger partial charge < -0.3 is 15.1 Å². The van der Waals surface area contributed by atoms with Crippen LogP contribution >= 0.6 is 0 Å². The Morgan fingerprint density at radius 3 is 2.27 bits per heavy atom. The highest BCUT2D eigenvalue weighted by Gasteiger charge is 2.32. The summed E-state index contributed by atoms with van der Waals surface area (Å²) in [6.07, 6.45) is 0.678. The number of rotatable bonds is 6. The monoisotopic (exact) mass is 593 g/mol. The Morgan fingerprint density at radius 1 is 1.02 bits per heavy atom. The maximum absolute atomic E-state index is 13.6. The first-order valence-corrected chi connectivity index (χ1v) is 15.3. The number of aromatic nitrogens is 1. The van der Waals surface area contributed by atoms with Crippen molar-refractivity contribution in [3.05, 3.63) is 59.2 Å². The number of aromatic carboxylic acids is 1. The average molecular weight is 594 g/mol. The quantitative estimate of drug-likeness (QED) is 0.424. The van der Waals surface area contributed by atoms with Gasteiger partial charge in [-0.05, 0) is 82.2 Å². The highest BCUT2D eigenvalue weighted by atomic mass is 32.2. The van der Waals surface area contributed by atoms with Gasteiger partial charge in [-0.2, -0.15) is 13.2 Å². The number of hydrogen-bond acceptors (Lipinski definition) is 7. The minimum atomic E-state index is -4.58. The summed E-state index contributed by atoms with van der Waals surface area (Å²) in [5, 5.41) is 17.5. The van der Waals surface area contributed by atoms with Gasteiger partial charge in [0.05, 0.1) is 27.2 Å². The third kappa shape index (κ3) is 6.88. The molecule has 2 aromatic carbocycles. The molecule has 41 heavy (non-hydrogen) atoms. The number of aliphatic hydroxyl groups is 1. The molecule has 3 heterocycles. The van der Waals surface area contributed by atoms with Gasteiger partial charge in [0.25, 0.3) is 0 Å². The molecule has 0 bridgehead atoms. The van der Waals surface area contributed by atoms with E-state index in [2.05, 4.69) is 14.8 Å². The normalized spacial score (nSPS) is 17.4. The van der Waals surface area contributed by atoms with E-state index in [1.807, 2.05) is 0 Å². The number of halogens is 3. The van der Waals surface area contributed by atoms with E-state index in [-0.39, 0.29) is 44.7 Å². The standard InChI is InChI=1S/C28H30F3N3O4S.CH4O/c1-39(37,38)21-7-8-24-22(16-21)25(27(35)36)23(17-33-13-9-20(10-14-33)34-11-2-3-12-34)26(32-24)18-5-4-6-19(15-18)28(29,30)31;1-2/h4-8,15-16,20H,2-3,9-14,17H2,1H3,(H,35,36);2H,1H3. The second kappa shape index (κ2) is 12.4. The molecule has 2 aliphatic heterocycles. The second-order valence-electron chi connectivity index (χ2n) is 10.4. The fourth-order valence-electron chi connectivity index (χ4n) is 5.77. The number of carboxylic acid groups (broad SMARTS) is 1. The molecule has 5 rings (SSSR count). The van der Waals surface area contributed by atoms with Crippen molar-refractivity contribution >= 4 is 26.7 Å². The summed E-state index contributed by atoms with van der Waals surface area (Å²) in [4.78, 5) is 21.9. The highest BCUT2D eigenvalue weighted by molar-refractivity contribution is 7.90. The Bertz CT molecular complexity index is 1510.